The third-order valence-corrected chi connectivity index (χ3v) is 4.74. The highest BCUT2D eigenvalue weighted by Gasteiger charge is 2.29. The van der Waals surface area contributed by atoms with Gasteiger partial charge in [-0.15, -0.1) is 24.0 Å². The van der Waals surface area contributed by atoms with Gasteiger partial charge in [-0.2, -0.15) is 0 Å². The molecule has 0 radical (unpaired) electrons. The van der Waals surface area contributed by atoms with Gasteiger partial charge in [0.05, 0.1) is 18.8 Å². The summed E-state index contributed by atoms with van der Waals surface area (Å²) in [5.74, 6) is 1.69. The van der Waals surface area contributed by atoms with Crippen molar-refractivity contribution in [3.63, 3.8) is 0 Å². The molecule has 1 heterocycles. The van der Waals surface area contributed by atoms with Gasteiger partial charge in [0.2, 0.25) is 0 Å². The predicted molar refractivity (Wildman–Crippen MR) is 118 cm³/mol. The topological polar surface area (TPSA) is 58.1 Å². The zero-order valence-corrected chi connectivity index (χ0v) is 18.9. The van der Waals surface area contributed by atoms with Gasteiger partial charge in [0.25, 0.3) is 0 Å². The van der Waals surface area contributed by atoms with Gasteiger partial charge in [-0.3, -0.25) is 4.99 Å². The van der Waals surface area contributed by atoms with Crippen LogP contribution in [0.3, 0.4) is 0 Å². The van der Waals surface area contributed by atoms with Crippen LogP contribution in [0.25, 0.3) is 0 Å². The number of nitrogens with zero attached hydrogens (tertiary/aromatic N) is 2. The van der Waals surface area contributed by atoms with Crippen molar-refractivity contribution in [3.8, 4) is 5.75 Å². The monoisotopic (exact) mass is 476 g/mol. The molecule has 0 spiro atoms. The highest BCUT2D eigenvalue weighted by Crippen LogP contribution is 2.27. The second kappa shape index (κ2) is 10.9. The molecule has 1 saturated heterocycles. The lowest BCUT2D eigenvalue weighted by Crippen LogP contribution is -2.47. The van der Waals surface area contributed by atoms with E-state index in [4.69, 9.17) is 9.47 Å². The number of guanidine groups is 1. The fraction of sp³-hybridized carbons (Fsp3) is 0.632. The maximum absolute atomic E-state index is 5.83. The number of rotatable bonds is 7. The average molecular weight is 476 g/mol. The molecule has 1 aliphatic heterocycles. The summed E-state index contributed by atoms with van der Waals surface area (Å²) in [7, 11) is 7.65. The quantitative estimate of drug-likeness (QED) is 0.360. The lowest BCUT2D eigenvalue weighted by molar-refractivity contribution is 0.0242. The summed E-state index contributed by atoms with van der Waals surface area (Å²) < 4.78 is 11.3. The zero-order chi connectivity index (χ0) is 18.3. The predicted octanol–water partition coefficient (Wildman–Crippen LogP) is 2.65. The van der Waals surface area contributed by atoms with E-state index in [1.54, 1.807) is 14.2 Å². The van der Waals surface area contributed by atoms with Crippen LogP contribution in [0.2, 0.25) is 0 Å². The minimum Gasteiger partial charge on any atom is -0.496 e. The molecule has 0 amide bonds. The summed E-state index contributed by atoms with van der Waals surface area (Å²) in [5.41, 5.74) is 1.06. The Morgan fingerprint density at radius 2 is 2.08 bits per heavy atom. The number of hydrogen-bond acceptors (Lipinski definition) is 4. The van der Waals surface area contributed by atoms with Crippen molar-refractivity contribution in [2.45, 2.75) is 31.4 Å². The van der Waals surface area contributed by atoms with E-state index in [2.05, 4.69) is 47.6 Å². The van der Waals surface area contributed by atoms with Crippen molar-refractivity contribution >= 4 is 29.9 Å². The summed E-state index contributed by atoms with van der Waals surface area (Å²) in [6.45, 7) is 4.48. The van der Waals surface area contributed by atoms with Gasteiger partial charge >= 0.3 is 0 Å². The molecule has 2 atom stereocenters. The standard InChI is InChI=1S/C19H32N4O2.HI/c1-19(11-8-12-25-19)14-22-18(20-2)21-13-16(23(3)4)15-9-6-7-10-17(15)24-5;/h6-7,9-10,16H,8,11-14H2,1-5H3,(H2,20,21,22);1H. The van der Waals surface area contributed by atoms with E-state index in [0.29, 0.717) is 0 Å². The molecular formula is C19H33IN4O2. The highest BCUT2D eigenvalue weighted by molar-refractivity contribution is 14.0. The SMILES string of the molecule is CN=C(NCC(c1ccccc1OC)N(C)C)NCC1(C)CCCO1.I. The van der Waals surface area contributed by atoms with Crippen molar-refractivity contribution in [2.75, 3.05) is 47.9 Å². The molecule has 0 saturated carbocycles. The minimum atomic E-state index is -0.0960. The normalized spacial score (nSPS) is 21.2. The van der Waals surface area contributed by atoms with E-state index in [0.717, 1.165) is 49.8 Å². The number of para-hydroxylation sites is 1. The molecule has 0 bridgehead atoms. The molecule has 2 rings (SSSR count). The molecule has 1 aromatic carbocycles. The maximum atomic E-state index is 5.83. The van der Waals surface area contributed by atoms with Crippen LogP contribution >= 0.6 is 24.0 Å². The molecule has 2 N–H and O–H groups in total. The third-order valence-electron chi connectivity index (χ3n) is 4.74. The summed E-state index contributed by atoms with van der Waals surface area (Å²) in [6.07, 6.45) is 2.21. The van der Waals surface area contributed by atoms with Crippen LogP contribution in [-0.4, -0.2) is 64.4 Å². The smallest absolute Gasteiger partial charge is 0.191 e. The molecule has 1 fully saturated rings. The van der Waals surface area contributed by atoms with Crippen LogP contribution in [0, 0.1) is 0 Å². The Labute approximate surface area is 174 Å². The molecule has 1 aliphatic rings. The number of hydrogen-bond donors (Lipinski definition) is 2. The first kappa shape index (κ1) is 23.0. The minimum absolute atomic E-state index is 0. The summed E-state index contributed by atoms with van der Waals surface area (Å²) in [5, 5.41) is 6.82. The Morgan fingerprint density at radius 3 is 2.65 bits per heavy atom. The number of ether oxygens (including phenoxy) is 2. The second-order valence-electron chi connectivity index (χ2n) is 6.93. The Kier molecular flexibility index (Phi) is 9.67. The van der Waals surface area contributed by atoms with E-state index < -0.39 is 0 Å². The summed E-state index contributed by atoms with van der Waals surface area (Å²) in [4.78, 5) is 6.52. The molecule has 148 valence electrons. The first-order chi connectivity index (χ1) is 12.0. The largest absolute Gasteiger partial charge is 0.496 e. The van der Waals surface area contributed by atoms with Crippen LogP contribution in [0.15, 0.2) is 29.3 Å². The molecule has 6 nitrogen and oxygen atoms in total. The Hall–Kier alpha value is -1.06. The van der Waals surface area contributed by atoms with Crippen molar-refractivity contribution in [1.29, 1.82) is 0 Å². The van der Waals surface area contributed by atoms with Gasteiger partial charge < -0.3 is 25.0 Å². The molecular weight excluding hydrogens is 443 g/mol. The molecule has 0 aromatic heterocycles. The van der Waals surface area contributed by atoms with Crippen molar-refractivity contribution in [2.24, 2.45) is 4.99 Å². The summed E-state index contributed by atoms with van der Waals surface area (Å²) in [6, 6.07) is 8.31. The molecule has 1 aromatic rings. The number of nitrogens with one attached hydrogen (secondary N) is 2. The summed E-state index contributed by atoms with van der Waals surface area (Å²) >= 11 is 0. The lowest BCUT2D eigenvalue weighted by atomic mass is 10.0. The van der Waals surface area contributed by atoms with Gasteiger partial charge in [-0.1, -0.05) is 18.2 Å². The van der Waals surface area contributed by atoms with Gasteiger partial charge in [-0.05, 0) is 39.9 Å². The van der Waals surface area contributed by atoms with Gasteiger partial charge in [0.1, 0.15) is 5.75 Å². The van der Waals surface area contributed by atoms with Gasteiger partial charge in [-0.25, -0.2) is 0 Å². The fourth-order valence-corrected chi connectivity index (χ4v) is 3.17. The molecule has 7 heteroatoms. The zero-order valence-electron chi connectivity index (χ0n) is 16.5. The Balaban J connectivity index is 0.00000338. The van der Waals surface area contributed by atoms with E-state index in [1.165, 1.54) is 0 Å². The molecule has 2 unspecified atom stereocenters. The number of likely N-dealkylation sites (N-methyl/N-ethyl adjacent to an activating group) is 1. The van der Waals surface area contributed by atoms with E-state index in [1.807, 2.05) is 18.2 Å². The Bertz CT molecular complexity index is 574. The first-order valence-corrected chi connectivity index (χ1v) is 8.87. The fourth-order valence-electron chi connectivity index (χ4n) is 3.17. The lowest BCUT2D eigenvalue weighted by Gasteiger charge is -2.28. The third kappa shape index (κ3) is 6.28. The van der Waals surface area contributed by atoms with E-state index in [-0.39, 0.29) is 35.6 Å². The van der Waals surface area contributed by atoms with Gasteiger partial charge in [0.15, 0.2) is 5.96 Å². The number of halogens is 1. The Morgan fingerprint density at radius 1 is 1.35 bits per heavy atom. The van der Waals surface area contributed by atoms with Crippen LogP contribution in [0.1, 0.15) is 31.4 Å². The van der Waals surface area contributed by atoms with Crippen molar-refractivity contribution < 1.29 is 9.47 Å². The first-order valence-electron chi connectivity index (χ1n) is 8.87. The van der Waals surface area contributed by atoms with Crippen LogP contribution in [0.4, 0.5) is 0 Å². The van der Waals surface area contributed by atoms with E-state index in [9.17, 15) is 0 Å². The number of aliphatic imine (C=N–C) groups is 1. The molecule has 0 aliphatic carbocycles. The maximum Gasteiger partial charge on any atom is 0.191 e. The number of methoxy groups -OCH3 is 1. The van der Waals surface area contributed by atoms with Gasteiger partial charge in [0, 0.05) is 32.3 Å². The second-order valence-corrected chi connectivity index (χ2v) is 6.93. The van der Waals surface area contributed by atoms with Crippen molar-refractivity contribution in [1.82, 2.24) is 15.5 Å². The van der Waals surface area contributed by atoms with Crippen LogP contribution in [0.5, 0.6) is 5.75 Å². The van der Waals surface area contributed by atoms with E-state index >= 15 is 0 Å². The number of benzene rings is 1. The van der Waals surface area contributed by atoms with Crippen LogP contribution in [-0.2, 0) is 4.74 Å². The highest BCUT2D eigenvalue weighted by atomic mass is 127. The average Bonchev–Trinajstić information content (AvgIpc) is 3.04. The molecule has 26 heavy (non-hydrogen) atoms. The van der Waals surface area contributed by atoms with Crippen LogP contribution < -0.4 is 15.4 Å². The van der Waals surface area contributed by atoms with Crippen molar-refractivity contribution in [3.05, 3.63) is 29.8 Å².